The van der Waals surface area contributed by atoms with Crippen LogP contribution in [0.15, 0.2) is 18.2 Å². The van der Waals surface area contributed by atoms with Crippen molar-refractivity contribution in [2.75, 3.05) is 11.1 Å². The number of carbonyl (C=O) groups excluding carboxylic acids is 1. The molecule has 2 rings (SSSR count). The van der Waals surface area contributed by atoms with Gasteiger partial charge in [0.15, 0.2) is 0 Å². The van der Waals surface area contributed by atoms with Gasteiger partial charge in [-0.15, -0.1) is 0 Å². The lowest BCUT2D eigenvalue weighted by molar-refractivity contribution is -0.130. The Labute approximate surface area is 100 Å². The number of carbonyl (C=O) groups is 1. The van der Waals surface area contributed by atoms with Crippen molar-refractivity contribution in [2.45, 2.75) is 32.6 Å². The van der Waals surface area contributed by atoms with Gasteiger partial charge in [-0.3, -0.25) is 4.79 Å². The summed E-state index contributed by atoms with van der Waals surface area (Å²) in [5.41, 5.74) is 5.86. The van der Waals surface area contributed by atoms with Gasteiger partial charge in [0.2, 0.25) is 5.91 Å². The number of amides is 1. The molecule has 1 aliphatic carbocycles. The summed E-state index contributed by atoms with van der Waals surface area (Å²) in [6.45, 7) is 2.03. The molecule has 0 bridgehead atoms. The molecule has 0 radical (unpaired) electrons. The quantitative estimate of drug-likeness (QED) is 0.793. The predicted octanol–water partition coefficient (Wildman–Crippen LogP) is 2.93. The van der Waals surface area contributed by atoms with Crippen LogP contribution in [0.25, 0.3) is 0 Å². The highest BCUT2D eigenvalue weighted by molar-refractivity contribution is 5.96. The van der Waals surface area contributed by atoms with E-state index in [0.717, 1.165) is 25.7 Å². The first-order valence-corrected chi connectivity index (χ1v) is 5.94. The Morgan fingerprint density at radius 2 is 2.24 bits per heavy atom. The maximum Gasteiger partial charge on any atom is 0.230 e. The minimum absolute atomic E-state index is 0.0252. The molecule has 0 unspecified atom stereocenters. The molecule has 17 heavy (non-hydrogen) atoms. The lowest BCUT2D eigenvalue weighted by Gasteiger charge is -2.39. The van der Waals surface area contributed by atoms with E-state index in [2.05, 4.69) is 5.32 Å². The first-order chi connectivity index (χ1) is 8.07. The average molecular weight is 236 g/mol. The molecule has 0 aromatic heterocycles. The van der Waals surface area contributed by atoms with E-state index in [0.29, 0.717) is 5.69 Å². The highest BCUT2D eigenvalue weighted by atomic mass is 19.1. The molecule has 0 heterocycles. The van der Waals surface area contributed by atoms with E-state index in [-0.39, 0.29) is 17.0 Å². The molecule has 0 atom stereocenters. The molecule has 0 saturated heterocycles. The Morgan fingerprint density at radius 1 is 1.53 bits per heavy atom. The first kappa shape index (κ1) is 11.9. The minimum atomic E-state index is -0.461. The zero-order chi connectivity index (χ0) is 12.5. The summed E-state index contributed by atoms with van der Waals surface area (Å²) in [4.78, 5) is 12.1. The highest BCUT2D eigenvalue weighted by Crippen LogP contribution is 2.44. The van der Waals surface area contributed by atoms with Crippen LogP contribution in [0.5, 0.6) is 0 Å². The monoisotopic (exact) mass is 236 g/mol. The Morgan fingerprint density at radius 3 is 2.71 bits per heavy atom. The van der Waals surface area contributed by atoms with Crippen molar-refractivity contribution in [3.05, 3.63) is 24.0 Å². The van der Waals surface area contributed by atoms with E-state index < -0.39 is 5.82 Å². The summed E-state index contributed by atoms with van der Waals surface area (Å²) in [5.74, 6) is -0.436. The van der Waals surface area contributed by atoms with Crippen LogP contribution in [0.3, 0.4) is 0 Å². The molecule has 1 aromatic carbocycles. The molecule has 3 nitrogen and oxygen atoms in total. The average Bonchev–Trinajstić information content (AvgIpc) is 2.23. The first-order valence-electron chi connectivity index (χ1n) is 5.94. The number of halogens is 1. The molecule has 1 fully saturated rings. The Kier molecular flexibility index (Phi) is 3.05. The summed E-state index contributed by atoms with van der Waals surface area (Å²) >= 11 is 0. The molecule has 0 aliphatic heterocycles. The van der Waals surface area contributed by atoms with Crippen LogP contribution in [0.4, 0.5) is 15.8 Å². The van der Waals surface area contributed by atoms with Crippen molar-refractivity contribution in [2.24, 2.45) is 5.41 Å². The molecule has 1 aliphatic rings. The third-order valence-corrected chi connectivity index (χ3v) is 3.72. The summed E-state index contributed by atoms with van der Waals surface area (Å²) in [6.07, 6.45) is 3.82. The van der Waals surface area contributed by atoms with Crippen molar-refractivity contribution in [1.82, 2.24) is 0 Å². The number of hydrogen-bond acceptors (Lipinski definition) is 2. The van der Waals surface area contributed by atoms with Crippen LogP contribution in [-0.4, -0.2) is 5.91 Å². The maximum absolute atomic E-state index is 13.0. The van der Waals surface area contributed by atoms with E-state index in [9.17, 15) is 9.18 Å². The fourth-order valence-corrected chi connectivity index (χ4v) is 2.23. The number of rotatable bonds is 3. The topological polar surface area (TPSA) is 55.1 Å². The van der Waals surface area contributed by atoms with Gasteiger partial charge in [0, 0.05) is 11.1 Å². The molecule has 1 aromatic rings. The molecular weight excluding hydrogens is 219 g/mol. The van der Waals surface area contributed by atoms with Crippen LogP contribution >= 0.6 is 0 Å². The van der Waals surface area contributed by atoms with E-state index >= 15 is 0 Å². The van der Waals surface area contributed by atoms with E-state index in [1.165, 1.54) is 18.2 Å². The van der Waals surface area contributed by atoms with E-state index in [4.69, 9.17) is 5.73 Å². The van der Waals surface area contributed by atoms with Gasteiger partial charge < -0.3 is 11.1 Å². The molecular formula is C13H17FN2O. The number of nitrogens with one attached hydrogen (secondary N) is 1. The fraction of sp³-hybridized carbons (Fsp3) is 0.462. The van der Waals surface area contributed by atoms with Gasteiger partial charge in [0.25, 0.3) is 0 Å². The second kappa shape index (κ2) is 4.35. The van der Waals surface area contributed by atoms with Crippen LogP contribution in [0, 0.1) is 11.2 Å². The molecule has 0 spiro atoms. The Hall–Kier alpha value is -1.58. The van der Waals surface area contributed by atoms with E-state index in [1.54, 1.807) is 0 Å². The zero-order valence-electron chi connectivity index (χ0n) is 9.92. The third-order valence-electron chi connectivity index (χ3n) is 3.72. The predicted molar refractivity (Wildman–Crippen MR) is 66.0 cm³/mol. The number of benzene rings is 1. The SMILES string of the molecule is CCC1(C(=O)Nc2ccc(F)c(N)c2)CCC1. The van der Waals surface area contributed by atoms with Gasteiger partial charge in [0.1, 0.15) is 5.82 Å². The summed E-state index contributed by atoms with van der Waals surface area (Å²) in [7, 11) is 0. The second-order valence-electron chi connectivity index (χ2n) is 4.68. The van der Waals surface area contributed by atoms with Gasteiger partial charge in [0.05, 0.1) is 5.69 Å². The Balaban J connectivity index is 2.10. The molecule has 1 saturated carbocycles. The summed E-state index contributed by atoms with van der Waals surface area (Å²) in [6, 6.07) is 4.26. The lowest BCUT2D eigenvalue weighted by atomic mass is 9.66. The van der Waals surface area contributed by atoms with Crippen LogP contribution < -0.4 is 11.1 Å². The number of hydrogen-bond donors (Lipinski definition) is 2. The zero-order valence-corrected chi connectivity index (χ0v) is 9.92. The summed E-state index contributed by atoms with van der Waals surface area (Å²) < 4.78 is 13.0. The highest BCUT2D eigenvalue weighted by Gasteiger charge is 2.42. The smallest absolute Gasteiger partial charge is 0.230 e. The minimum Gasteiger partial charge on any atom is -0.396 e. The molecule has 4 heteroatoms. The van der Waals surface area contributed by atoms with Crippen LogP contribution in [0.1, 0.15) is 32.6 Å². The van der Waals surface area contributed by atoms with Gasteiger partial charge in [-0.25, -0.2) is 4.39 Å². The number of nitrogen functional groups attached to an aromatic ring is 1. The van der Waals surface area contributed by atoms with Crippen molar-refractivity contribution >= 4 is 17.3 Å². The van der Waals surface area contributed by atoms with Crippen molar-refractivity contribution in [3.8, 4) is 0 Å². The van der Waals surface area contributed by atoms with Crippen LogP contribution in [-0.2, 0) is 4.79 Å². The van der Waals surface area contributed by atoms with E-state index in [1.807, 2.05) is 6.92 Å². The van der Waals surface area contributed by atoms with Gasteiger partial charge in [-0.05, 0) is 37.5 Å². The number of anilines is 2. The van der Waals surface area contributed by atoms with Gasteiger partial charge in [-0.2, -0.15) is 0 Å². The van der Waals surface area contributed by atoms with Crippen LogP contribution in [0.2, 0.25) is 0 Å². The lowest BCUT2D eigenvalue weighted by Crippen LogP contribution is -2.41. The summed E-state index contributed by atoms with van der Waals surface area (Å²) in [5, 5.41) is 2.82. The number of nitrogens with two attached hydrogens (primary N) is 1. The van der Waals surface area contributed by atoms with Crippen molar-refractivity contribution in [1.29, 1.82) is 0 Å². The molecule has 3 N–H and O–H groups in total. The van der Waals surface area contributed by atoms with Gasteiger partial charge >= 0.3 is 0 Å². The fourth-order valence-electron chi connectivity index (χ4n) is 2.23. The van der Waals surface area contributed by atoms with Crippen molar-refractivity contribution in [3.63, 3.8) is 0 Å². The standard InChI is InChI=1S/C13H17FN2O/c1-2-13(6-3-7-13)12(17)16-9-4-5-10(14)11(15)8-9/h4-5,8H,2-3,6-7,15H2,1H3,(H,16,17). The largest absolute Gasteiger partial charge is 0.396 e. The normalized spacial score (nSPS) is 17.3. The maximum atomic E-state index is 13.0. The van der Waals surface area contributed by atoms with Crippen molar-refractivity contribution < 1.29 is 9.18 Å². The second-order valence-corrected chi connectivity index (χ2v) is 4.68. The third kappa shape index (κ3) is 2.12. The Bertz CT molecular complexity index is 436. The molecule has 92 valence electrons. The van der Waals surface area contributed by atoms with Gasteiger partial charge in [-0.1, -0.05) is 13.3 Å². The molecule has 1 amide bonds.